The molecule has 150 valence electrons. The van der Waals surface area contributed by atoms with E-state index in [1.807, 2.05) is 65.6 Å². The van der Waals surface area contributed by atoms with Crippen LogP contribution in [0.2, 0.25) is 0 Å². The maximum absolute atomic E-state index is 12.9. The van der Waals surface area contributed by atoms with Crippen molar-refractivity contribution in [3.63, 3.8) is 0 Å². The number of nitrogens with zero attached hydrogens (tertiary/aromatic N) is 3. The highest BCUT2D eigenvalue weighted by molar-refractivity contribution is 5.98. The van der Waals surface area contributed by atoms with Gasteiger partial charge in [-0.05, 0) is 35.0 Å². The summed E-state index contributed by atoms with van der Waals surface area (Å²) in [7, 11) is 0. The van der Waals surface area contributed by atoms with Gasteiger partial charge in [0.2, 0.25) is 0 Å². The van der Waals surface area contributed by atoms with Crippen molar-refractivity contribution in [2.45, 2.75) is 6.54 Å². The van der Waals surface area contributed by atoms with Crippen molar-refractivity contribution in [3.05, 3.63) is 88.5 Å². The molecule has 1 aromatic heterocycles. The van der Waals surface area contributed by atoms with E-state index in [-0.39, 0.29) is 11.5 Å². The largest absolute Gasteiger partial charge is 0.336 e. The smallest absolute Gasteiger partial charge is 0.258 e. The molecular formula is C24H22N4O2. The summed E-state index contributed by atoms with van der Waals surface area (Å²) in [6, 6.07) is 21.3. The Morgan fingerprint density at radius 2 is 1.63 bits per heavy atom. The van der Waals surface area contributed by atoms with Crippen LogP contribution in [-0.4, -0.2) is 51.9 Å². The van der Waals surface area contributed by atoms with Crippen molar-refractivity contribution in [2.75, 3.05) is 26.2 Å². The maximum Gasteiger partial charge on any atom is 0.258 e. The number of amides is 1. The van der Waals surface area contributed by atoms with Crippen LogP contribution in [0.4, 0.5) is 0 Å². The molecular weight excluding hydrogens is 376 g/mol. The van der Waals surface area contributed by atoms with Gasteiger partial charge in [-0.3, -0.25) is 14.5 Å². The molecule has 1 amide bonds. The van der Waals surface area contributed by atoms with Crippen LogP contribution in [0.1, 0.15) is 16.2 Å². The highest BCUT2D eigenvalue weighted by atomic mass is 16.2. The number of para-hydroxylation sites is 1. The Balaban J connectivity index is 1.26. The Kier molecular flexibility index (Phi) is 4.77. The fourth-order valence-electron chi connectivity index (χ4n) is 4.04. The summed E-state index contributed by atoms with van der Waals surface area (Å²) in [5.41, 5.74) is 1.32. The van der Waals surface area contributed by atoms with E-state index >= 15 is 0 Å². The Labute approximate surface area is 173 Å². The topological polar surface area (TPSA) is 69.3 Å². The second kappa shape index (κ2) is 7.72. The van der Waals surface area contributed by atoms with Gasteiger partial charge in [0, 0.05) is 31.7 Å². The molecule has 30 heavy (non-hydrogen) atoms. The van der Waals surface area contributed by atoms with Gasteiger partial charge in [-0.15, -0.1) is 0 Å². The number of aromatic amines is 1. The van der Waals surface area contributed by atoms with E-state index in [0.717, 1.165) is 29.4 Å². The van der Waals surface area contributed by atoms with Crippen LogP contribution in [-0.2, 0) is 6.54 Å². The Morgan fingerprint density at radius 1 is 0.900 bits per heavy atom. The molecule has 4 aromatic rings. The van der Waals surface area contributed by atoms with Crippen LogP contribution in [0.15, 0.2) is 71.5 Å². The van der Waals surface area contributed by atoms with Crippen molar-refractivity contribution in [3.8, 4) is 0 Å². The number of rotatable bonds is 3. The first kappa shape index (κ1) is 18.5. The molecule has 1 aliphatic rings. The van der Waals surface area contributed by atoms with Gasteiger partial charge in [0.25, 0.3) is 11.5 Å². The first-order chi connectivity index (χ1) is 14.7. The second-order valence-corrected chi connectivity index (χ2v) is 7.66. The van der Waals surface area contributed by atoms with Gasteiger partial charge in [-0.2, -0.15) is 0 Å². The molecule has 6 nitrogen and oxygen atoms in total. The van der Waals surface area contributed by atoms with Crippen LogP contribution in [0, 0.1) is 0 Å². The van der Waals surface area contributed by atoms with Crippen LogP contribution in [0.3, 0.4) is 0 Å². The molecule has 0 unspecified atom stereocenters. The zero-order valence-electron chi connectivity index (χ0n) is 16.5. The highest BCUT2D eigenvalue weighted by Gasteiger charge is 2.23. The summed E-state index contributed by atoms with van der Waals surface area (Å²) in [5.74, 6) is 0.727. The quantitative estimate of drug-likeness (QED) is 0.576. The molecule has 2 heterocycles. The molecule has 1 saturated heterocycles. The molecule has 1 fully saturated rings. The summed E-state index contributed by atoms with van der Waals surface area (Å²) in [5, 5.41) is 2.82. The molecule has 0 saturated carbocycles. The zero-order chi connectivity index (χ0) is 20.5. The minimum Gasteiger partial charge on any atom is -0.336 e. The molecule has 0 aliphatic carbocycles. The minimum atomic E-state index is -0.110. The summed E-state index contributed by atoms with van der Waals surface area (Å²) in [6.07, 6.45) is 0. The Bertz CT molecular complexity index is 1290. The normalized spacial score (nSPS) is 15.0. The predicted octanol–water partition coefficient (Wildman–Crippen LogP) is 3.03. The summed E-state index contributed by atoms with van der Waals surface area (Å²) in [4.78, 5) is 36.8. The van der Waals surface area contributed by atoms with E-state index in [1.165, 1.54) is 0 Å². The Hall–Kier alpha value is -3.51. The van der Waals surface area contributed by atoms with Crippen molar-refractivity contribution in [2.24, 2.45) is 0 Å². The predicted molar refractivity (Wildman–Crippen MR) is 117 cm³/mol. The van der Waals surface area contributed by atoms with E-state index in [2.05, 4.69) is 14.9 Å². The van der Waals surface area contributed by atoms with Crippen molar-refractivity contribution in [1.29, 1.82) is 0 Å². The van der Waals surface area contributed by atoms with Crippen molar-refractivity contribution >= 4 is 27.6 Å². The maximum atomic E-state index is 12.9. The average Bonchev–Trinajstić information content (AvgIpc) is 2.79. The van der Waals surface area contributed by atoms with Gasteiger partial charge in [-0.25, -0.2) is 4.98 Å². The fraction of sp³-hybridized carbons (Fsp3) is 0.208. The van der Waals surface area contributed by atoms with Gasteiger partial charge in [0.15, 0.2) is 0 Å². The van der Waals surface area contributed by atoms with E-state index in [4.69, 9.17) is 0 Å². The van der Waals surface area contributed by atoms with Crippen molar-refractivity contribution < 1.29 is 4.79 Å². The van der Waals surface area contributed by atoms with Gasteiger partial charge in [0.05, 0.1) is 17.4 Å². The summed E-state index contributed by atoms with van der Waals surface area (Å²) in [6.45, 7) is 3.37. The highest BCUT2D eigenvalue weighted by Crippen LogP contribution is 2.18. The number of H-pyrrole nitrogens is 1. The van der Waals surface area contributed by atoms with E-state index in [0.29, 0.717) is 36.4 Å². The molecule has 1 aliphatic heterocycles. The SMILES string of the molecule is O=C(c1ccc2ccccc2c1)N1CCN(Cc2nc3ccccc3c(=O)[nH]2)CC1. The number of hydrogen-bond acceptors (Lipinski definition) is 4. The zero-order valence-corrected chi connectivity index (χ0v) is 16.5. The average molecular weight is 398 g/mol. The third-order valence-corrected chi connectivity index (χ3v) is 5.69. The van der Waals surface area contributed by atoms with E-state index < -0.39 is 0 Å². The first-order valence-corrected chi connectivity index (χ1v) is 10.2. The number of fused-ring (bicyclic) bond motifs is 2. The standard InChI is InChI=1S/C24H22N4O2/c29-23-20-7-3-4-8-21(20)25-22(26-23)16-27-11-13-28(14-12-27)24(30)19-10-9-17-5-1-2-6-18(17)15-19/h1-10,15H,11-14,16H2,(H,25,26,29). The number of benzene rings is 3. The molecule has 0 atom stereocenters. The first-order valence-electron chi connectivity index (χ1n) is 10.2. The number of carbonyl (C=O) groups is 1. The van der Waals surface area contributed by atoms with Crippen LogP contribution in [0.5, 0.6) is 0 Å². The second-order valence-electron chi connectivity index (χ2n) is 7.66. The fourth-order valence-corrected chi connectivity index (χ4v) is 4.04. The molecule has 0 bridgehead atoms. The molecule has 1 N–H and O–H groups in total. The lowest BCUT2D eigenvalue weighted by Crippen LogP contribution is -2.48. The van der Waals surface area contributed by atoms with Gasteiger partial charge in [0.1, 0.15) is 5.82 Å². The van der Waals surface area contributed by atoms with Gasteiger partial charge < -0.3 is 9.88 Å². The van der Waals surface area contributed by atoms with Gasteiger partial charge in [-0.1, -0.05) is 42.5 Å². The van der Waals surface area contributed by atoms with E-state index in [9.17, 15) is 9.59 Å². The number of carbonyl (C=O) groups excluding carboxylic acids is 1. The monoisotopic (exact) mass is 398 g/mol. The summed E-state index contributed by atoms with van der Waals surface area (Å²) < 4.78 is 0. The number of nitrogens with one attached hydrogen (secondary N) is 1. The van der Waals surface area contributed by atoms with Crippen LogP contribution >= 0.6 is 0 Å². The molecule has 0 spiro atoms. The summed E-state index contributed by atoms with van der Waals surface area (Å²) >= 11 is 0. The van der Waals surface area contributed by atoms with E-state index in [1.54, 1.807) is 6.07 Å². The molecule has 3 aromatic carbocycles. The lowest BCUT2D eigenvalue weighted by Gasteiger charge is -2.34. The lowest BCUT2D eigenvalue weighted by molar-refractivity contribution is 0.0625. The van der Waals surface area contributed by atoms with Crippen LogP contribution in [0.25, 0.3) is 21.7 Å². The van der Waals surface area contributed by atoms with Crippen molar-refractivity contribution in [1.82, 2.24) is 19.8 Å². The lowest BCUT2D eigenvalue weighted by atomic mass is 10.1. The molecule has 5 rings (SSSR count). The minimum absolute atomic E-state index is 0.0673. The third kappa shape index (κ3) is 3.57. The third-order valence-electron chi connectivity index (χ3n) is 5.69. The van der Waals surface area contributed by atoms with Crippen LogP contribution < -0.4 is 5.56 Å². The number of aromatic nitrogens is 2. The van der Waals surface area contributed by atoms with Gasteiger partial charge >= 0.3 is 0 Å². The number of hydrogen-bond donors (Lipinski definition) is 1. The number of piperazine rings is 1. The Morgan fingerprint density at radius 3 is 2.47 bits per heavy atom. The molecule has 6 heteroatoms. The molecule has 0 radical (unpaired) electrons.